The third-order valence-electron chi connectivity index (χ3n) is 3.26. The highest BCUT2D eigenvalue weighted by atomic mass is 32.2. The van der Waals surface area contributed by atoms with E-state index in [4.69, 9.17) is 0 Å². The molecule has 3 nitrogen and oxygen atoms in total. The molecule has 3 rings (SSSR count). The molecule has 1 aromatic heterocycles. The van der Waals surface area contributed by atoms with Crippen molar-refractivity contribution in [1.29, 1.82) is 0 Å². The molecule has 22 heavy (non-hydrogen) atoms. The molecule has 0 saturated heterocycles. The number of benzene rings is 2. The van der Waals surface area contributed by atoms with Gasteiger partial charge in [-0.15, -0.1) is 11.3 Å². The summed E-state index contributed by atoms with van der Waals surface area (Å²) < 4.78 is 2.07. The summed E-state index contributed by atoms with van der Waals surface area (Å²) in [5, 5.41) is -0.267. The number of hydrogen-bond acceptors (Lipinski definition) is 4. The van der Waals surface area contributed by atoms with Crippen LogP contribution in [0.5, 0.6) is 0 Å². The number of nitrogens with zero attached hydrogens (tertiary/aromatic N) is 2. The van der Waals surface area contributed by atoms with Crippen molar-refractivity contribution in [2.24, 2.45) is 0 Å². The summed E-state index contributed by atoms with van der Waals surface area (Å²) in [7, 11) is 3.58. The highest BCUT2D eigenvalue weighted by Gasteiger charge is 2.24. The molecule has 1 heterocycles. The Morgan fingerprint density at radius 1 is 1.09 bits per heavy atom. The van der Waals surface area contributed by atoms with Crippen molar-refractivity contribution in [3.05, 3.63) is 60.2 Å². The average Bonchev–Trinajstić information content (AvgIpc) is 2.95. The molecule has 2 aromatic carbocycles. The Labute approximate surface area is 138 Å². The van der Waals surface area contributed by atoms with Crippen LogP contribution >= 0.6 is 23.1 Å². The van der Waals surface area contributed by atoms with E-state index in [1.54, 1.807) is 30.3 Å². The summed E-state index contributed by atoms with van der Waals surface area (Å²) in [5.41, 5.74) is 1.99. The molecular weight excluding hydrogens is 312 g/mol. The molecule has 0 spiro atoms. The molecule has 0 radical (unpaired) electrons. The molecule has 1 unspecified atom stereocenters. The second kappa shape index (κ2) is 6.50. The number of thioether (sulfide) groups is 1. The molecule has 0 N–H and O–H groups in total. The van der Waals surface area contributed by atoms with Gasteiger partial charge in [0.25, 0.3) is 0 Å². The van der Waals surface area contributed by atoms with Gasteiger partial charge in [-0.1, -0.05) is 54.2 Å². The van der Waals surface area contributed by atoms with Gasteiger partial charge in [0, 0.05) is 14.1 Å². The summed E-state index contributed by atoms with van der Waals surface area (Å²) in [5.74, 6) is 0.0791. The fourth-order valence-electron chi connectivity index (χ4n) is 2.13. The molecule has 1 amide bonds. The number of thiazole rings is 1. The fraction of sp³-hybridized carbons (Fsp3) is 0.176. The quantitative estimate of drug-likeness (QED) is 0.672. The van der Waals surface area contributed by atoms with Crippen molar-refractivity contribution < 1.29 is 4.79 Å². The predicted octanol–water partition coefficient (Wildman–Crippen LogP) is 4.22. The second-order valence-electron chi connectivity index (χ2n) is 5.09. The van der Waals surface area contributed by atoms with Gasteiger partial charge in [0.05, 0.1) is 10.2 Å². The first-order valence-electron chi connectivity index (χ1n) is 6.93. The zero-order chi connectivity index (χ0) is 15.5. The number of para-hydroxylation sites is 1. The zero-order valence-corrected chi connectivity index (χ0v) is 14.0. The average molecular weight is 328 g/mol. The monoisotopic (exact) mass is 328 g/mol. The molecule has 112 valence electrons. The molecule has 0 aliphatic heterocycles. The Hall–Kier alpha value is -1.85. The summed E-state index contributed by atoms with van der Waals surface area (Å²) in [6.07, 6.45) is 0. The highest BCUT2D eigenvalue weighted by Crippen LogP contribution is 2.39. The van der Waals surface area contributed by atoms with E-state index in [-0.39, 0.29) is 11.2 Å². The molecule has 0 aliphatic carbocycles. The Morgan fingerprint density at radius 3 is 2.45 bits per heavy atom. The van der Waals surface area contributed by atoms with E-state index in [0.29, 0.717) is 0 Å². The number of amides is 1. The second-order valence-corrected chi connectivity index (χ2v) is 7.47. The normalized spacial score (nSPS) is 12.3. The lowest BCUT2D eigenvalue weighted by atomic mass is 10.1. The van der Waals surface area contributed by atoms with E-state index in [1.807, 2.05) is 48.5 Å². The lowest BCUT2D eigenvalue weighted by Crippen LogP contribution is -2.26. The maximum absolute atomic E-state index is 12.5. The molecule has 0 saturated carbocycles. The van der Waals surface area contributed by atoms with Crippen LogP contribution < -0.4 is 0 Å². The molecule has 0 fully saturated rings. The summed E-state index contributed by atoms with van der Waals surface area (Å²) in [4.78, 5) is 18.8. The minimum absolute atomic E-state index is 0.0791. The van der Waals surface area contributed by atoms with Crippen LogP contribution in [0, 0.1) is 0 Å². The topological polar surface area (TPSA) is 33.2 Å². The van der Waals surface area contributed by atoms with Gasteiger partial charge in [-0.25, -0.2) is 4.98 Å². The van der Waals surface area contributed by atoms with Crippen LogP contribution in [0.2, 0.25) is 0 Å². The predicted molar refractivity (Wildman–Crippen MR) is 93.4 cm³/mol. The van der Waals surface area contributed by atoms with Crippen LogP contribution in [-0.4, -0.2) is 29.9 Å². The van der Waals surface area contributed by atoms with Crippen molar-refractivity contribution in [1.82, 2.24) is 9.88 Å². The van der Waals surface area contributed by atoms with Crippen LogP contribution in [0.25, 0.3) is 10.2 Å². The SMILES string of the molecule is CN(C)C(=O)C(Sc1nc2ccccc2s1)c1ccccc1. The van der Waals surface area contributed by atoms with Gasteiger partial charge in [-0.05, 0) is 17.7 Å². The molecule has 1 atom stereocenters. The van der Waals surface area contributed by atoms with E-state index in [9.17, 15) is 4.79 Å². The van der Waals surface area contributed by atoms with E-state index < -0.39 is 0 Å². The van der Waals surface area contributed by atoms with Gasteiger partial charge in [0.2, 0.25) is 5.91 Å². The minimum Gasteiger partial charge on any atom is -0.348 e. The number of carbonyl (C=O) groups excluding carboxylic acids is 1. The Balaban J connectivity index is 1.94. The summed E-state index contributed by atoms with van der Waals surface area (Å²) in [6, 6.07) is 17.9. The molecular formula is C17H16N2OS2. The van der Waals surface area contributed by atoms with Gasteiger partial charge in [-0.3, -0.25) is 4.79 Å². The van der Waals surface area contributed by atoms with E-state index in [0.717, 1.165) is 20.1 Å². The van der Waals surface area contributed by atoms with Gasteiger partial charge >= 0.3 is 0 Å². The summed E-state index contributed by atoms with van der Waals surface area (Å²) >= 11 is 3.15. The van der Waals surface area contributed by atoms with Crippen molar-refractivity contribution in [2.75, 3.05) is 14.1 Å². The van der Waals surface area contributed by atoms with Crippen molar-refractivity contribution >= 4 is 39.2 Å². The van der Waals surface area contributed by atoms with Crippen molar-refractivity contribution in [3.63, 3.8) is 0 Å². The van der Waals surface area contributed by atoms with Crippen LogP contribution in [0.3, 0.4) is 0 Å². The van der Waals surface area contributed by atoms with Gasteiger partial charge < -0.3 is 4.90 Å². The molecule has 3 aromatic rings. The van der Waals surface area contributed by atoms with Crippen molar-refractivity contribution in [3.8, 4) is 0 Å². The van der Waals surface area contributed by atoms with Gasteiger partial charge in [0.1, 0.15) is 5.25 Å². The third kappa shape index (κ3) is 3.15. The molecule has 0 aliphatic rings. The van der Waals surface area contributed by atoms with E-state index in [1.165, 1.54) is 11.8 Å². The number of hydrogen-bond donors (Lipinski definition) is 0. The highest BCUT2D eigenvalue weighted by molar-refractivity contribution is 8.02. The summed E-state index contributed by atoms with van der Waals surface area (Å²) in [6.45, 7) is 0. The third-order valence-corrected chi connectivity index (χ3v) is 5.63. The number of carbonyl (C=O) groups is 1. The first-order valence-corrected chi connectivity index (χ1v) is 8.63. The molecule has 5 heteroatoms. The van der Waals surface area contributed by atoms with Crippen molar-refractivity contribution in [2.45, 2.75) is 9.59 Å². The Bertz CT molecular complexity index is 750. The number of likely N-dealkylation sites (N-methyl/N-ethyl adjacent to an activating group) is 1. The fourth-order valence-corrected chi connectivity index (χ4v) is 4.53. The largest absolute Gasteiger partial charge is 0.348 e. The van der Waals surface area contributed by atoms with E-state index >= 15 is 0 Å². The van der Waals surface area contributed by atoms with Gasteiger partial charge in [0.15, 0.2) is 4.34 Å². The zero-order valence-electron chi connectivity index (χ0n) is 12.4. The van der Waals surface area contributed by atoms with Crippen LogP contribution in [0.4, 0.5) is 0 Å². The first-order chi connectivity index (χ1) is 10.6. The Morgan fingerprint density at radius 2 is 1.77 bits per heavy atom. The number of aromatic nitrogens is 1. The Kier molecular flexibility index (Phi) is 4.45. The lowest BCUT2D eigenvalue weighted by molar-refractivity contribution is -0.128. The van der Waals surface area contributed by atoms with Crippen LogP contribution in [0.1, 0.15) is 10.8 Å². The minimum atomic E-state index is -0.267. The maximum atomic E-state index is 12.5. The standard InChI is InChI=1S/C17H16N2OS2/c1-19(2)16(20)15(12-8-4-3-5-9-12)22-17-18-13-10-6-7-11-14(13)21-17/h3-11,15H,1-2H3. The maximum Gasteiger partial charge on any atom is 0.240 e. The first kappa shape index (κ1) is 15.1. The lowest BCUT2D eigenvalue weighted by Gasteiger charge is -2.19. The molecule has 0 bridgehead atoms. The van der Waals surface area contributed by atoms with E-state index in [2.05, 4.69) is 11.1 Å². The van der Waals surface area contributed by atoms with Crippen LogP contribution in [0.15, 0.2) is 58.9 Å². The smallest absolute Gasteiger partial charge is 0.240 e. The van der Waals surface area contributed by atoms with Gasteiger partial charge in [-0.2, -0.15) is 0 Å². The van der Waals surface area contributed by atoms with Crippen LogP contribution in [-0.2, 0) is 4.79 Å². The number of rotatable bonds is 4. The number of fused-ring (bicyclic) bond motifs is 1.